The van der Waals surface area contributed by atoms with E-state index in [0.29, 0.717) is 0 Å². The van der Waals surface area contributed by atoms with Crippen molar-refractivity contribution in [2.75, 3.05) is 0 Å². The van der Waals surface area contributed by atoms with Gasteiger partial charge in [0.15, 0.2) is 0 Å². The molecule has 5 heteroatoms. The second-order valence-electron chi connectivity index (χ2n) is 11.7. The van der Waals surface area contributed by atoms with Crippen molar-refractivity contribution in [2.45, 2.75) is 41.5 Å². The van der Waals surface area contributed by atoms with E-state index in [1.54, 1.807) is 0 Å². The van der Waals surface area contributed by atoms with Crippen molar-refractivity contribution in [1.29, 1.82) is 0 Å². The summed E-state index contributed by atoms with van der Waals surface area (Å²) < 4.78 is 0. The van der Waals surface area contributed by atoms with Gasteiger partial charge in [0.2, 0.25) is 0 Å². The average Bonchev–Trinajstić information content (AvgIpc) is 3.03. The average molecular weight is 739 g/mol. The normalized spacial score (nSPS) is 10.2. The molecule has 0 aliphatic rings. The standard InChI is InChI=1S/2C21H21P.2ClH.Co/c2*1-16-4-10-19(11-5-16)22(20-12-6-17(2)7-13-20)21-14-8-18(3)9-15-21;;;/h2*4-15H,1-3H3;2*1H;/q;;;;+2/p-2. The summed E-state index contributed by atoms with van der Waals surface area (Å²) in [5.74, 6) is 0. The Hall–Kier alpha value is -2.73. The molecule has 0 bridgehead atoms. The maximum absolute atomic E-state index is 2.28. The van der Waals surface area contributed by atoms with Crippen LogP contribution in [0.5, 0.6) is 0 Å². The molecule has 0 heterocycles. The van der Waals surface area contributed by atoms with E-state index in [0.717, 1.165) is 0 Å². The van der Waals surface area contributed by atoms with Gasteiger partial charge in [-0.25, -0.2) is 0 Å². The number of halogens is 2. The van der Waals surface area contributed by atoms with E-state index in [9.17, 15) is 0 Å². The van der Waals surface area contributed by atoms with E-state index in [1.165, 1.54) is 65.2 Å². The van der Waals surface area contributed by atoms with E-state index in [-0.39, 0.29) is 41.6 Å². The summed E-state index contributed by atoms with van der Waals surface area (Å²) in [6.07, 6.45) is 0. The fraction of sp³-hybridized carbons (Fsp3) is 0.143. The third-order valence-electron chi connectivity index (χ3n) is 7.75. The topological polar surface area (TPSA) is 0 Å². The van der Waals surface area contributed by atoms with Crippen molar-refractivity contribution in [3.8, 4) is 0 Å². The minimum atomic E-state index is -0.483. The van der Waals surface area contributed by atoms with Gasteiger partial charge < -0.3 is 24.8 Å². The Morgan fingerprint density at radius 2 is 0.340 bits per heavy atom. The van der Waals surface area contributed by atoms with E-state index in [4.69, 9.17) is 0 Å². The van der Waals surface area contributed by atoms with Crippen LogP contribution in [0.4, 0.5) is 0 Å². The summed E-state index contributed by atoms with van der Waals surface area (Å²) in [6, 6.07) is 53.9. The Bertz CT molecular complexity index is 1410. The van der Waals surface area contributed by atoms with Gasteiger partial charge >= 0.3 is 16.8 Å². The third-order valence-corrected chi connectivity index (χ3v) is 12.6. The summed E-state index contributed by atoms with van der Waals surface area (Å²) in [5, 5.41) is 8.46. The van der Waals surface area contributed by atoms with Gasteiger partial charge in [-0.15, -0.1) is 0 Å². The molecule has 0 aliphatic heterocycles. The molecule has 0 unspecified atom stereocenters. The molecule has 47 heavy (non-hydrogen) atoms. The van der Waals surface area contributed by atoms with Gasteiger partial charge in [-0.3, -0.25) is 0 Å². The molecule has 243 valence electrons. The molecule has 0 N–H and O–H groups in total. The minimum Gasteiger partial charge on any atom is -1.00 e. The van der Waals surface area contributed by atoms with Crippen molar-refractivity contribution in [2.24, 2.45) is 0 Å². The van der Waals surface area contributed by atoms with Gasteiger partial charge in [0.1, 0.15) is 0 Å². The molecule has 0 spiro atoms. The first kappa shape index (κ1) is 40.4. The Morgan fingerprint density at radius 3 is 0.447 bits per heavy atom. The predicted octanol–water partition coefficient (Wildman–Crippen LogP) is 2.75. The molecule has 6 aromatic carbocycles. The molecule has 0 nitrogen and oxygen atoms in total. The van der Waals surface area contributed by atoms with Crippen LogP contribution in [0.15, 0.2) is 146 Å². The molecule has 6 aromatic rings. The van der Waals surface area contributed by atoms with Crippen LogP contribution >= 0.6 is 15.8 Å². The molecule has 0 aliphatic carbocycles. The summed E-state index contributed by atoms with van der Waals surface area (Å²) in [7, 11) is -0.966. The van der Waals surface area contributed by atoms with Crippen LogP contribution in [0.2, 0.25) is 0 Å². The SMILES string of the molecule is Cc1ccc(P(c2ccc(C)cc2)c2ccc(C)cc2)cc1.Cc1ccc(P(c2ccc(C)cc2)c2ccc(C)cc2)cc1.[Cl-].[Cl-].[Co+2]. The molecule has 0 aromatic heterocycles. The smallest absolute Gasteiger partial charge is 1.00 e. The van der Waals surface area contributed by atoms with Crippen LogP contribution in [0, 0.1) is 41.5 Å². The number of benzene rings is 6. The Labute approximate surface area is 308 Å². The van der Waals surface area contributed by atoms with E-state index >= 15 is 0 Å². The van der Waals surface area contributed by atoms with Crippen LogP contribution in [0.3, 0.4) is 0 Å². The number of aryl methyl sites for hydroxylation is 6. The molecular formula is C42H42Cl2CoP2. The third kappa shape index (κ3) is 11.2. The molecule has 1 radical (unpaired) electrons. The molecule has 0 saturated carbocycles. The van der Waals surface area contributed by atoms with Gasteiger partial charge in [0.25, 0.3) is 0 Å². The Kier molecular flexibility index (Phi) is 16.6. The first-order valence-electron chi connectivity index (χ1n) is 15.3. The van der Waals surface area contributed by atoms with Crippen LogP contribution in [0.25, 0.3) is 0 Å². The van der Waals surface area contributed by atoms with Crippen molar-refractivity contribution in [3.05, 3.63) is 179 Å². The van der Waals surface area contributed by atoms with Gasteiger partial charge in [0.05, 0.1) is 0 Å². The van der Waals surface area contributed by atoms with E-state index in [1.807, 2.05) is 0 Å². The number of hydrogen-bond acceptors (Lipinski definition) is 0. The fourth-order valence-corrected chi connectivity index (χ4v) is 9.53. The summed E-state index contributed by atoms with van der Waals surface area (Å²) in [4.78, 5) is 0. The zero-order valence-electron chi connectivity index (χ0n) is 27.8. The van der Waals surface area contributed by atoms with Gasteiger partial charge in [0, 0.05) is 0 Å². The van der Waals surface area contributed by atoms with Crippen LogP contribution < -0.4 is 56.6 Å². The molecule has 0 saturated heterocycles. The minimum absolute atomic E-state index is 0. The fourth-order valence-electron chi connectivity index (χ4n) is 5.06. The largest absolute Gasteiger partial charge is 2.00 e. The van der Waals surface area contributed by atoms with E-state index < -0.39 is 15.8 Å². The Balaban J connectivity index is 0.000000307. The maximum Gasteiger partial charge on any atom is 2.00 e. The molecule has 0 atom stereocenters. The van der Waals surface area contributed by atoms with Crippen LogP contribution in [0.1, 0.15) is 33.4 Å². The first-order chi connectivity index (χ1) is 21.3. The number of rotatable bonds is 6. The second-order valence-corrected chi connectivity index (χ2v) is 16.1. The zero-order chi connectivity index (χ0) is 31.1. The van der Waals surface area contributed by atoms with Crippen molar-refractivity contribution in [3.63, 3.8) is 0 Å². The summed E-state index contributed by atoms with van der Waals surface area (Å²) in [6.45, 7) is 12.9. The molecule has 6 rings (SSSR count). The van der Waals surface area contributed by atoms with Crippen molar-refractivity contribution >= 4 is 47.7 Å². The van der Waals surface area contributed by atoms with Crippen LogP contribution in [-0.4, -0.2) is 0 Å². The first-order valence-corrected chi connectivity index (χ1v) is 18.0. The maximum atomic E-state index is 2.28. The van der Waals surface area contributed by atoms with Gasteiger partial charge in [-0.1, -0.05) is 179 Å². The van der Waals surface area contributed by atoms with Gasteiger partial charge in [-0.2, -0.15) is 0 Å². The van der Waals surface area contributed by atoms with Crippen molar-refractivity contribution < 1.29 is 41.6 Å². The quantitative estimate of drug-likeness (QED) is 0.231. The number of hydrogen-bond donors (Lipinski definition) is 0. The monoisotopic (exact) mass is 737 g/mol. The molecular weight excluding hydrogens is 696 g/mol. The van der Waals surface area contributed by atoms with Crippen molar-refractivity contribution in [1.82, 2.24) is 0 Å². The summed E-state index contributed by atoms with van der Waals surface area (Å²) >= 11 is 0. The predicted molar refractivity (Wildman–Crippen MR) is 199 cm³/mol. The Morgan fingerprint density at radius 1 is 0.234 bits per heavy atom. The second kappa shape index (κ2) is 19.3. The summed E-state index contributed by atoms with van der Waals surface area (Å²) in [5.41, 5.74) is 7.87. The van der Waals surface area contributed by atoms with Crippen LogP contribution in [-0.2, 0) is 16.8 Å². The zero-order valence-corrected chi connectivity index (χ0v) is 32.2. The van der Waals surface area contributed by atoms with E-state index in [2.05, 4.69) is 187 Å². The molecule has 0 fully saturated rings. The molecule has 0 amide bonds. The van der Waals surface area contributed by atoms with Gasteiger partial charge in [-0.05, 0) is 89.2 Å².